The van der Waals surface area contributed by atoms with E-state index in [2.05, 4.69) is 0 Å². The highest BCUT2D eigenvalue weighted by atomic mass is 16.7. The van der Waals surface area contributed by atoms with E-state index >= 15 is 0 Å². The first-order valence-corrected chi connectivity index (χ1v) is 11.2. The molecule has 32 heavy (non-hydrogen) atoms. The molecule has 0 spiro atoms. The van der Waals surface area contributed by atoms with Crippen LogP contribution in [0, 0.1) is 0 Å². The Bertz CT molecular complexity index is 649. The number of ether oxygens (including phenoxy) is 7. The third kappa shape index (κ3) is 8.26. The van der Waals surface area contributed by atoms with Crippen molar-refractivity contribution in [2.24, 2.45) is 0 Å². The first-order valence-electron chi connectivity index (χ1n) is 11.2. The minimum absolute atomic E-state index is 0.363. The van der Waals surface area contributed by atoms with Crippen molar-refractivity contribution >= 4 is 0 Å². The maximum absolute atomic E-state index is 6.40. The van der Waals surface area contributed by atoms with Crippen LogP contribution < -0.4 is 0 Å². The summed E-state index contributed by atoms with van der Waals surface area (Å²) in [6, 6.07) is 19.9. The number of benzene rings is 2. The summed E-state index contributed by atoms with van der Waals surface area (Å²) in [5, 5.41) is 0. The van der Waals surface area contributed by atoms with Gasteiger partial charge in [0.25, 0.3) is 0 Å². The van der Waals surface area contributed by atoms with Crippen LogP contribution in [0.2, 0.25) is 0 Å². The molecule has 1 fully saturated rings. The molecule has 0 bridgehead atoms. The van der Waals surface area contributed by atoms with Crippen molar-refractivity contribution < 1.29 is 33.2 Å². The Morgan fingerprint density at radius 1 is 0.375 bits per heavy atom. The van der Waals surface area contributed by atoms with Crippen LogP contribution in [0.3, 0.4) is 0 Å². The lowest BCUT2D eigenvalue weighted by Crippen LogP contribution is -2.37. The van der Waals surface area contributed by atoms with Crippen molar-refractivity contribution in [3.8, 4) is 0 Å². The lowest BCUT2D eigenvalue weighted by atomic mass is 9.97. The van der Waals surface area contributed by atoms with Gasteiger partial charge in [-0.15, -0.1) is 0 Å². The molecule has 0 aromatic heterocycles. The average Bonchev–Trinajstić information content (AvgIpc) is 2.84. The number of hydrogen-bond donors (Lipinski definition) is 0. The zero-order chi connectivity index (χ0) is 22.2. The van der Waals surface area contributed by atoms with E-state index in [1.165, 1.54) is 0 Å². The molecule has 1 heterocycles. The lowest BCUT2D eigenvalue weighted by molar-refractivity contribution is -0.228. The molecule has 2 aromatic carbocycles. The van der Waals surface area contributed by atoms with E-state index in [1.54, 1.807) is 0 Å². The number of rotatable bonds is 2. The standard InChI is InChI=1S/C25H34O7/c1-3-7-23(8-4-1)25(24-9-5-2-6-10-24)31-21-19-29-17-15-27-13-11-26-12-14-28-16-18-30-20-22-32-25/h1-10H,11-22H2. The summed E-state index contributed by atoms with van der Waals surface area (Å²) >= 11 is 0. The second kappa shape index (κ2) is 15.1. The molecule has 176 valence electrons. The topological polar surface area (TPSA) is 64.6 Å². The van der Waals surface area contributed by atoms with Crippen molar-refractivity contribution in [3.63, 3.8) is 0 Å². The van der Waals surface area contributed by atoms with Gasteiger partial charge in [-0.3, -0.25) is 0 Å². The molecule has 0 radical (unpaired) electrons. The van der Waals surface area contributed by atoms with Gasteiger partial charge in [0.05, 0.1) is 79.3 Å². The van der Waals surface area contributed by atoms with Gasteiger partial charge in [0.1, 0.15) is 0 Å². The molecule has 2 aromatic rings. The SMILES string of the molecule is c1ccc(C2(c3ccccc3)OCCOCCOCCOCCOCCOCCO2)cc1. The monoisotopic (exact) mass is 446 g/mol. The second-order valence-corrected chi connectivity index (χ2v) is 7.11. The minimum Gasteiger partial charge on any atom is -0.377 e. The quantitative estimate of drug-likeness (QED) is 0.703. The van der Waals surface area contributed by atoms with Gasteiger partial charge in [-0.25, -0.2) is 0 Å². The van der Waals surface area contributed by atoms with Crippen LogP contribution in [-0.2, 0) is 38.9 Å². The Morgan fingerprint density at radius 3 is 0.969 bits per heavy atom. The van der Waals surface area contributed by atoms with E-state index in [4.69, 9.17) is 33.2 Å². The van der Waals surface area contributed by atoms with Gasteiger partial charge in [0.15, 0.2) is 0 Å². The molecule has 1 aliphatic heterocycles. The Labute approximate surface area is 190 Å². The van der Waals surface area contributed by atoms with E-state index in [0.29, 0.717) is 79.3 Å². The fraction of sp³-hybridized carbons (Fsp3) is 0.520. The molecule has 0 saturated carbocycles. The maximum Gasteiger partial charge on any atom is 0.222 e. The Hall–Kier alpha value is -1.84. The van der Waals surface area contributed by atoms with Crippen molar-refractivity contribution in [2.75, 3.05) is 79.3 Å². The van der Waals surface area contributed by atoms with Gasteiger partial charge in [0, 0.05) is 11.1 Å². The maximum atomic E-state index is 6.40. The Morgan fingerprint density at radius 2 is 0.656 bits per heavy atom. The molecule has 0 amide bonds. The lowest BCUT2D eigenvalue weighted by Gasteiger charge is -2.35. The summed E-state index contributed by atoms with van der Waals surface area (Å²) < 4.78 is 40.7. The van der Waals surface area contributed by atoms with Crippen LogP contribution in [0.4, 0.5) is 0 Å². The van der Waals surface area contributed by atoms with Gasteiger partial charge in [-0.05, 0) is 0 Å². The summed E-state index contributed by atoms with van der Waals surface area (Å²) in [5.74, 6) is -1.06. The first kappa shape index (κ1) is 24.8. The second-order valence-electron chi connectivity index (χ2n) is 7.11. The van der Waals surface area contributed by atoms with Gasteiger partial charge in [-0.1, -0.05) is 60.7 Å². The molecule has 7 nitrogen and oxygen atoms in total. The largest absolute Gasteiger partial charge is 0.377 e. The smallest absolute Gasteiger partial charge is 0.222 e. The summed E-state index contributed by atoms with van der Waals surface area (Å²) in [4.78, 5) is 0. The van der Waals surface area contributed by atoms with Crippen molar-refractivity contribution in [1.29, 1.82) is 0 Å². The minimum atomic E-state index is -1.06. The first-order chi connectivity index (χ1) is 15.9. The third-order valence-corrected chi connectivity index (χ3v) is 4.86. The highest BCUT2D eigenvalue weighted by molar-refractivity contribution is 5.33. The van der Waals surface area contributed by atoms with Gasteiger partial charge < -0.3 is 33.2 Å². The zero-order valence-electron chi connectivity index (χ0n) is 18.6. The molecular formula is C25H34O7. The third-order valence-electron chi connectivity index (χ3n) is 4.86. The van der Waals surface area contributed by atoms with E-state index in [-0.39, 0.29) is 0 Å². The molecule has 0 atom stereocenters. The summed E-state index contributed by atoms with van der Waals surface area (Å²) in [6.45, 7) is 5.72. The molecule has 7 heteroatoms. The summed E-state index contributed by atoms with van der Waals surface area (Å²) in [7, 11) is 0. The molecular weight excluding hydrogens is 412 g/mol. The van der Waals surface area contributed by atoms with Crippen molar-refractivity contribution in [1.82, 2.24) is 0 Å². The van der Waals surface area contributed by atoms with E-state index < -0.39 is 5.79 Å². The summed E-state index contributed by atoms with van der Waals surface area (Å²) in [5.41, 5.74) is 1.83. The van der Waals surface area contributed by atoms with Crippen LogP contribution in [-0.4, -0.2) is 79.3 Å². The van der Waals surface area contributed by atoms with Crippen LogP contribution in [0.1, 0.15) is 11.1 Å². The molecule has 1 aliphatic rings. The van der Waals surface area contributed by atoms with Gasteiger partial charge in [0.2, 0.25) is 5.79 Å². The van der Waals surface area contributed by atoms with Gasteiger partial charge in [-0.2, -0.15) is 0 Å². The Balaban J connectivity index is 1.69. The number of hydrogen-bond acceptors (Lipinski definition) is 7. The fourth-order valence-electron chi connectivity index (χ4n) is 3.33. The molecule has 0 aliphatic carbocycles. The van der Waals surface area contributed by atoms with E-state index in [0.717, 1.165) is 11.1 Å². The fourth-order valence-corrected chi connectivity index (χ4v) is 3.33. The van der Waals surface area contributed by atoms with Crippen molar-refractivity contribution in [3.05, 3.63) is 71.8 Å². The van der Waals surface area contributed by atoms with E-state index in [9.17, 15) is 0 Å². The average molecular weight is 447 g/mol. The van der Waals surface area contributed by atoms with E-state index in [1.807, 2.05) is 60.7 Å². The molecule has 0 unspecified atom stereocenters. The van der Waals surface area contributed by atoms with Crippen LogP contribution in [0.25, 0.3) is 0 Å². The highest BCUT2D eigenvalue weighted by Crippen LogP contribution is 2.35. The Kier molecular flexibility index (Phi) is 11.7. The van der Waals surface area contributed by atoms with Crippen LogP contribution in [0.15, 0.2) is 60.7 Å². The predicted octanol–water partition coefficient (Wildman–Crippen LogP) is 3.02. The normalized spacial score (nSPS) is 20.9. The molecule has 1 saturated heterocycles. The zero-order valence-corrected chi connectivity index (χ0v) is 18.6. The highest BCUT2D eigenvalue weighted by Gasteiger charge is 2.36. The summed E-state index contributed by atoms with van der Waals surface area (Å²) in [6.07, 6.45) is 0. The molecule has 3 rings (SSSR count). The predicted molar refractivity (Wildman–Crippen MR) is 120 cm³/mol. The van der Waals surface area contributed by atoms with Crippen molar-refractivity contribution in [2.45, 2.75) is 5.79 Å². The van der Waals surface area contributed by atoms with Gasteiger partial charge >= 0.3 is 0 Å². The van der Waals surface area contributed by atoms with Crippen LogP contribution in [0.5, 0.6) is 0 Å². The van der Waals surface area contributed by atoms with Crippen LogP contribution >= 0.6 is 0 Å². The molecule has 0 N–H and O–H groups in total.